The number of nitrogens with one attached hydrogen (secondary N) is 1. The summed E-state index contributed by atoms with van der Waals surface area (Å²) in [6, 6.07) is 14.4. The van der Waals surface area contributed by atoms with Crippen LogP contribution in [0.1, 0.15) is 30.5 Å². The molecule has 1 aromatic heterocycles. The summed E-state index contributed by atoms with van der Waals surface area (Å²) in [6.45, 7) is 4.70. The zero-order chi connectivity index (χ0) is 18.2. The van der Waals surface area contributed by atoms with E-state index in [0.717, 1.165) is 38.0 Å². The maximum atomic E-state index is 13.1. The van der Waals surface area contributed by atoms with E-state index < -0.39 is 0 Å². The van der Waals surface area contributed by atoms with Crippen LogP contribution in [0.15, 0.2) is 53.6 Å². The summed E-state index contributed by atoms with van der Waals surface area (Å²) in [5.41, 5.74) is 2.18. The third-order valence-electron chi connectivity index (χ3n) is 4.81. The van der Waals surface area contributed by atoms with Gasteiger partial charge in [-0.05, 0) is 63.0 Å². The number of benzene rings is 1. The van der Waals surface area contributed by atoms with E-state index in [9.17, 15) is 4.79 Å². The molecule has 1 aromatic carbocycles. The Bertz CT molecular complexity index is 706. The third-order valence-corrected chi connectivity index (χ3v) is 5.97. The van der Waals surface area contributed by atoms with Gasteiger partial charge in [-0.2, -0.15) is 0 Å². The van der Waals surface area contributed by atoms with Crippen LogP contribution < -0.4 is 5.32 Å². The standard InChI is InChI=1S/C21H27N3OS.ClH/c1-17-7-2-3-10-20(17)26-16-21(25)24(15-18-8-4-5-13-23-18)19-9-6-12-22-14-11-19;/h2-5,7-8,10,13,19,22H,6,9,11-12,14-16H2,1H3;1H. The molecule has 0 saturated carbocycles. The molecule has 1 atom stereocenters. The Kier molecular flexibility index (Phi) is 9.11. The Morgan fingerprint density at radius 2 is 2.00 bits per heavy atom. The van der Waals surface area contributed by atoms with E-state index in [-0.39, 0.29) is 24.4 Å². The summed E-state index contributed by atoms with van der Waals surface area (Å²) in [5, 5.41) is 3.44. The number of hydrogen-bond donors (Lipinski definition) is 1. The monoisotopic (exact) mass is 405 g/mol. The highest BCUT2D eigenvalue weighted by molar-refractivity contribution is 8.00. The van der Waals surface area contributed by atoms with Crippen molar-refractivity contribution in [2.45, 2.75) is 43.7 Å². The molecule has 1 N–H and O–H groups in total. The van der Waals surface area contributed by atoms with Gasteiger partial charge in [-0.25, -0.2) is 0 Å². The molecule has 1 unspecified atom stereocenters. The predicted molar refractivity (Wildman–Crippen MR) is 114 cm³/mol. The fourth-order valence-electron chi connectivity index (χ4n) is 3.34. The minimum atomic E-state index is 0. The molecule has 1 aliphatic heterocycles. The molecule has 1 saturated heterocycles. The molecular weight excluding hydrogens is 378 g/mol. The molecule has 4 nitrogen and oxygen atoms in total. The van der Waals surface area contributed by atoms with Crippen molar-refractivity contribution in [2.24, 2.45) is 0 Å². The van der Waals surface area contributed by atoms with Gasteiger partial charge < -0.3 is 10.2 Å². The van der Waals surface area contributed by atoms with Gasteiger partial charge in [-0.1, -0.05) is 24.3 Å². The Hall–Kier alpha value is -1.56. The van der Waals surface area contributed by atoms with Gasteiger partial charge in [-0.15, -0.1) is 24.2 Å². The number of carbonyl (C=O) groups is 1. The van der Waals surface area contributed by atoms with Crippen LogP contribution in [-0.4, -0.2) is 40.7 Å². The number of halogens is 1. The fourth-order valence-corrected chi connectivity index (χ4v) is 4.26. The first-order chi connectivity index (χ1) is 12.7. The van der Waals surface area contributed by atoms with Crippen LogP contribution in [0, 0.1) is 6.92 Å². The van der Waals surface area contributed by atoms with Crippen molar-refractivity contribution >= 4 is 30.1 Å². The second kappa shape index (κ2) is 11.3. The molecule has 146 valence electrons. The van der Waals surface area contributed by atoms with E-state index in [0.29, 0.717) is 12.3 Å². The summed E-state index contributed by atoms with van der Waals surface area (Å²) in [5.74, 6) is 0.678. The second-order valence-electron chi connectivity index (χ2n) is 6.73. The zero-order valence-electron chi connectivity index (χ0n) is 15.8. The van der Waals surface area contributed by atoms with Crippen molar-refractivity contribution < 1.29 is 4.79 Å². The summed E-state index contributed by atoms with van der Waals surface area (Å²) in [4.78, 5) is 20.8. The van der Waals surface area contributed by atoms with Gasteiger partial charge >= 0.3 is 0 Å². The lowest BCUT2D eigenvalue weighted by Crippen LogP contribution is -2.41. The van der Waals surface area contributed by atoms with Crippen molar-refractivity contribution in [1.29, 1.82) is 0 Å². The van der Waals surface area contributed by atoms with Crippen LogP contribution in [0.25, 0.3) is 0 Å². The van der Waals surface area contributed by atoms with E-state index in [2.05, 4.69) is 34.3 Å². The molecule has 1 amide bonds. The van der Waals surface area contributed by atoms with Gasteiger partial charge in [0.2, 0.25) is 5.91 Å². The SMILES string of the molecule is Cc1ccccc1SCC(=O)N(Cc1ccccn1)C1CCCNCC1.Cl. The largest absolute Gasteiger partial charge is 0.333 e. The van der Waals surface area contributed by atoms with E-state index in [1.54, 1.807) is 18.0 Å². The molecule has 0 spiro atoms. The van der Waals surface area contributed by atoms with E-state index in [4.69, 9.17) is 0 Å². The molecule has 2 heterocycles. The normalized spacial score (nSPS) is 16.9. The maximum absolute atomic E-state index is 13.1. The van der Waals surface area contributed by atoms with Gasteiger partial charge in [0.05, 0.1) is 18.0 Å². The van der Waals surface area contributed by atoms with Crippen molar-refractivity contribution in [3.05, 3.63) is 59.9 Å². The number of rotatable bonds is 6. The highest BCUT2D eigenvalue weighted by atomic mass is 35.5. The van der Waals surface area contributed by atoms with Crippen molar-refractivity contribution in [3.63, 3.8) is 0 Å². The first-order valence-electron chi connectivity index (χ1n) is 9.32. The molecule has 0 aliphatic carbocycles. The first-order valence-corrected chi connectivity index (χ1v) is 10.3. The number of aromatic nitrogens is 1. The molecule has 1 fully saturated rings. The van der Waals surface area contributed by atoms with E-state index >= 15 is 0 Å². The van der Waals surface area contributed by atoms with E-state index in [1.165, 1.54) is 10.5 Å². The smallest absolute Gasteiger partial charge is 0.233 e. The van der Waals surface area contributed by atoms with Crippen LogP contribution in [-0.2, 0) is 11.3 Å². The van der Waals surface area contributed by atoms with E-state index in [1.807, 2.05) is 30.3 Å². The molecule has 6 heteroatoms. The Morgan fingerprint density at radius 3 is 2.78 bits per heavy atom. The summed E-state index contributed by atoms with van der Waals surface area (Å²) in [7, 11) is 0. The number of pyridine rings is 1. The first kappa shape index (κ1) is 21.7. The Labute approximate surface area is 172 Å². The van der Waals surface area contributed by atoms with Gasteiger partial charge in [0, 0.05) is 17.1 Å². The third kappa shape index (κ3) is 6.52. The number of carbonyl (C=O) groups excluding carboxylic acids is 1. The minimum Gasteiger partial charge on any atom is -0.333 e. The average molecular weight is 406 g/mol. The van der Waals surface area contributed by atoms with Gasteiger partial charge in [0.1, 0.15) is 0 Å². The van der Waals surface area contributed by atoms with Crippen LogP contribution >= 0.6 is 24.2 Å². The number of aryl methyl sites for hydroxylation is 1. The maximum Gasteiger partial charge on any atom is 0.233 e. The average Bonchev–Trinajstić information content (AvgIpc) is 2.95. The summed E-state index contributed by atoms with van der Waals surface area (Å²) >= 11 is 1.64. The van der Waals surface area contributed by atoms with Gasteiger partial charge in [0.25, 0.3) is 0 Å². The quantitative estimate of drug-likeness (QED) is 0.735. The van der Waals surface area contributed by atoms with Crippen molar-refractivity contribution in [3.8, 4) is 0 Å². The number of thioether (sulfide) groups is 1. The number of amides is 1. The summed E-state index contributed by atoms with van der Waals surface area (Å²) in [6.07, 6.45) is 4.98. The lowest BCUT2D eigenvalue weighted by Gasteiger charge is -2.31. The zero-order valence-corrected chi connectivity index (χ0v) is 17.4. The molecular formula is C21H28ClN3OS. The fraction of sp³-hybridized carbons (Fsp3) is 0.429. The molecule has 0 radical (unpaired) electrons. The van der Waals surface area contributed by atoms with Crippen molar-refractivity contribution in [1.82, 2.24) is 15.2 Å². The Balaban J connectivity index is 0.00000261. The predicted octanol–water partition coefficient (Wildman–Crippen LogP) is 4.07. The minimum absolute atomic E-state index is 0. The van der Waals surface area contributed by atoms with Gasteiger partial charge in [0.15, 0.2) is 0 Å². The lowest BCUT2D eigenvalue weighted by molar-refractivity contribution is -0.131. The lowest BCUT2D eigenvalue weighted by atomic mass is 10.1. The molecule has 2 aromatic rings. The topological polar surface area (TPSA) is 45.2 Å². The highest BCUT2D eigenvalue weighted by Crippen LogP contribution is 2.24. The number of hydrogen-bond acceptors (Lipinski definition) is 4. The Morgan fingerprint density at radius 1 is 1.19 bits per heavy atom. The molecule has 1 aliphatic rings. The molecule has 3 rings (SSSR count). The second-order valence-corrected chi connectivity index (χ2v) is 7.75. The molecule has 0 bridgehead atoms. The van der Waals surface area contributed by atoms with Crippen LogP contribution in [0.2, 0.25) is 0 Å². The summed E-state index contributed by atoms with van der Waals surface area (Å²) < 4.78 is 0. The number of nitrogens with zero attached hydrogens (tertiary/aromatic N) is 2. The van der Waals surface area contributed by atoms with Crippen LogP contribution in [0.3, 0.4) is 0 Å². The van der Waals surface area contributed by atoms with Crippen LogP contribution in [0.5, 0.6) is 0 Å². The van der Waals surface area contributed by atoms with Crippen LogP contribution in [0.4, 0.5) is 0 Å². The van der Waals surface area contributed by atoms with Gasteiger partial charge in [-0.3, -0.25) is 9.78 Å². The highest BCUT2D eigenvalue weighted by Gasteiger charge is 2.25. The molecule has 27 heavy (non-hydrogen) atoms. The van der Waals surface area contributed by atoms with Crippen molar-refractivity contribution in [2.75, 3.05) is 18.8 Å².